The molecule has 9 aromatic carbocycles. The van der Waals surface area contributed by atoms with Gasteiger partial charge in [-0.05, 0) is 74.8 Å². The third-order valence-corrected chi connectivity index (χ3v) is 11.8. The molecule has 0 spiro atoms. The summed E-state index contributed by atoms with van der Waals surface area (Å²) < 4.78 is 0. The van der Waals surface area contributed by atoms with Crippen LogP contribution in [-0.2, 0) is 0 Å². The molecular formula is C61H39N7. The lowest BCUT2D eigenvalue weighted by molar-refractivity contribution is 1.07. The van der Waals surface area contributed by atoms with E-state index in [1.165, 1.54) is 0 Å². The summed E-state index contributed by atoms with van der Waals surface area (Å²) in [5.41, 5.74) is 14.5. The molecule has 0 fully saturated rings. The van der Waals surface area contributed by atoms with E-state index >= 15 is 0 Å². The first-order chi connectivity index (χ1) is 33.6. The fourth-order valence-electron chi connectivity index (χ4n) is 8.33. The molecule has 0 amide bonds. The summed E-state index contributed by atoms with van der Waals surface area (Å²) in [6.07, 6.45) is 0. The van der Waals surface area contributed by atoms with E-state index in [0.717, 1.165) is 77.9 Å². The minimum Gasteiger partial charge on any atom is -0.208 e. The molecule has 0 aliphatic carbocycles. The number of benzene rings is 9. The van der Waals surface area contributed by atoms with Crippen LogP contribution >= 0.6 is 0 Å². The Hall–Kier alpha value is -9.51. The second-order valence-corrected chi connectivity index (χ2v) is 16.3. The highest BCUT2D eigenvalue weighted by molar-refractivity contribution is 5.89. The first-order valence-corrected chi connectivity index (χ1v) is 22.3. The molecule has 0 unspecified atom stereocenters. The molecule has 0 saturated heterocycles. The molecule has 2 heterocycles. The van der Waals surface area contributed by atoms with Crippen molar-refractivity contribution < 1.29 is 0 Å². The fraction of sp³-hybridized carbons (Fsp3) is 0. The van der Waals surface area contributed by atoms with E-state index in [0.29, 0.717) is 40.5 Å². The fourth-order valence-corrected chi connectivity index (χ4v) is 8.33. The largest absolute Gasteiger partial charge is 0.208 e. The zero-order valence-corrected chi connectivity index (χ0v) is 36.6. The summed E-state index contributed by atoms with van der Waals surface area (Å²) >= 11 is 0. The van der Waals surface area contributed by atoms with Crippen molar-refractivity contribution in [2.24, 2.45) is 0 Å². The summed E-state index contributed by atoms with van der Waals surface area (Å²) in [6, 6.07) is 82.1. The summed E-state index contributed by atoms with van der Waals surface area (Å²) in [5.74, 6) is 3.66. The van der Waals surface area contributed by atoms with Gasteiger partial charge in [0.25, 0.3) is 0 Å². The molecule has 0 bridgehead atoms. The van der Waals surface area contributed by atoms with E-state index in [1.54, 1.807) is 0 Å². The van der Waals surface area contributed by atoms with Crippen LogP contribution in [0.2, 0.25) is 0 Å². The quantitative estimate of drug-likeness (QED) is 0.135. The smallest absolute Gasteiger partial charge is 0.164 e. The van der Waals surface area contributed by atoms with Crippen molar-refractivity contribution in [3.05, 3.63) is 242 Å². The van der Waals surface area contributed by atoms with E-state index in [1.807, 2.05) is 146 Å². The van der Waals surface area contributed by atoms with Crippen LogP contribution < -0.4 is 0 Å². The van der Waals surface area contributed by atoms with Crippen LogP contribution in [0.15, 0.2) is 237 Å². The Morgan fingerprint density at radius 3 is 0.971 bits per heavy atom. The minimum atomic E-state index is 0.593. The summed E-state index contributed by atoms with van der Waals surface area (Å²) in [4.78, 5) is 29.7. The lowest BCUT2D eigenvalue weighted by Crippen LogP contribution is -2.00. The lowest BCUT2D eigenvalue weighted by atomic mass is 9.89. The Morgan fingerprint density at radius 1 is 0.221 bits per heavy atom. The lowest BCUT2D eigenvalue weighted by Gasteiger charge is -2.15. The van der Waals surface area contributed by atoms with Crippen molar-refractivity contribution >= 4 is 0 Å². The molecule has 2 aromatic heterocycles. The van der Waals surface area contributed by atoms with Gasteiger partial charge < -0.3 is 0 Å². The molecule has 0 aliphatic rings. The number of hydrogen-bond donors (Lipinski definition) is 0. The first-order valence-electron chi connectivity index (χ1n) is 22.3. The highest BCUT2D eigenvalue weighted by atomic mass is 15.0. The van der Waals surface area contributed by atoms with E-state index in [2.05, 4.69) is 97.1 Å². The van der Waals surface area contributed by atoms with Crippen molar-refractivity contribution in [1.82, 2.24) is 29.9 Å². The second kappa shape index (κ2) is 18.5. The third-order valence-electron chi connectivity index (χ3n) is 11.8. The van der Waals surface area contributed by atoms with E-state index < -0.39 is 0 Å². The third kappa shape index (κ3) is 8.69. The van der Waals surface area contributed by atoms with Gasteiger partial charge in [-0.1, -0.05) is 206 Å². The van der Waals surface area contributed by atoms with Crippen LogP contribution in [0.1, 0.15) is 5.56 Å². The van der Waals surface area contributed by atoms with Gasteiger partial charge in [0.1, 0.15) is 0 Å². The van der Waals surface area contributed by atoms with Crippen LogP contribution in [0, 0.1) is 11.3 Å². The maximum atomic E-state index is 9.52. The molecule has 318 valence electrons. The average Bonchev–Trinajstić information content (AvgIpc) is 3.43. The first kappa shape index (κ1) is 41.2. The number of aromatic nitrogens is 6. The topological polar surface area (TPSA) is 101 Å². The predicted octanol–water partition coefficient (Wildman–Crippen LogP) is 14.6. The molecule has 0 aliphatic heterocycles. The zero-order valence-electron chi connectivity index (χ0n) is 36.6. The van der Waals surface area contributed by atoms with Crippen LogP contribution in [-0.4, -0.2) is 29.9 Å². The Balaban J connectivity index is 0.985. The Labute approximate surface area is 394 Å². The van der Waals surface area contributed by atoms with E-state index in [9.17, 15) is 5.26 Å². The molecule has 0 radical (unpaired) electrons. The second-order valence-electron chi connectivity index (χ2n) is 16.3. The molecule has 0 saturated carbocycles. The molecular weight excluding hydrogens is 831 g/mol. The molecule has 7 heteroatoms. The highest BCUT2D eigenvalue weighted by Crippen LogP contribution is 2.39. The SMILES string of the molecule is N#Cc1ccc(-c2ccc(-c3cccc(-c4cccc(-c5nc(-c6ccccc6)nc(-c6ccccc6)n5)c4)c3)c(-c3ccc(-c4nc(-c5ccccc5)nc(-c5ccccc5)n4)cc3)c2)cc1. The summed E-state index contributed by atoms with van der Waals surface area (Å²) in [5, 5.41) is 9.52. The maximum Gasteiger partial charge on any atom is 0.164 e. The predicted molar refractivity (Wildman–Crippen MR) is 272 cm³/mol. The van der Waals surface area contributed by atoms with Gasteiger partial charge in [0.2, 0.25) is 0 Å². The van der Waals surface area contributed by atoms with Crippen molar-refractivity contribution in [3.8, 4) is 119 Å². The van der Waals surface area contributed by atoms with Crippen molar-refractivity contribution in [2.45, 2.75) is 0 Å². The van der Waals surface area contributed by atoms with Gasteiger partial charge in [-0.25, -0.2) is 29.9 Å². The minimum absolute atomic E-state index is 0.593. The van der Waals surface area contributed by atoms with Crippen molar-refractivity contribution in [1.29, 1.82) is 5.26 Å². The summed E-state index contributed by atoms with van der Waals surface area (Å²) in [6.45, 7) is 0. The molecule has 0 atom stereocenters. The number of nitrogens with zero attached hydrogens (tertiary/aromatic N) is 7. The Bertz CT molecular complexity index is 3480. The van der Waals surface area contributed by atoms with Crippen LogP contribution in [0.5, 0.6) is 0 Å². The van der Waals surface area contributed by atoms with Crippen molar-refractivity contribution in [3.63, 3.8) is 0 Å². The van der Waals surface area contributed by atoms with E-state index in [4.69, 9.17) is 29.9 Å². The molecule has 0 N–H and O–H groups in total. The van der Waals surface area contributed by atoms with Gasteiger partial charge in [-0.15, -0.1) is 0 Å². The molecule has 11 aromatic rings. The average molecular weight is 870 g/mol. The number of nitriles is 1. The van der Waals surface area contributed by atoms with Crippen LogP contribution in [0.4, 0.5) is 0 Å². The van der Waals surface area contributed by atoms with Gasteiger partial charge in [0.05, 0.1) is 11.6 Å². The molecule has 11 rings (SSSR count). The van der Waals surface area contributed by atoms with Gasteiger partial charge in [0.15, 0.2) is 34.9 Å². The van der Waals surface area contributed by atoms with Gasteiger partial charge in [-0.3, -0.25) is 0 Å². The van der Waals surface area contributed by atoms with Gasteiger partial charge >= 0.3 is 0 Å². The Morgan fingerprint density at radius 2 is 0.529 bits per heavy atom. The monoisotopic (exact) mass is 869 g/mol. The van der Waals surface area contributed by atoms with Crippen LogP contribution in [0.25, 0.3) is 113 Å². The Kier molecular flexibility index (Phi) is 11.2. The van der Waals surface area contributed by atoms with Gasteiger partial charge in [-0.2, -0.15) is 5.26 Å². The van der Waals surface area contributed by atoms with Gasteiger partial charge in [0, 0.05) is 33.4 Å². The number of hydrogen-bond acceptors (Lipinski definition) is 7. The maximum absolute atomic E-state index is 9.52. The standard InChI is InChI=1S/C61H39N7/c62-40-41-27-29-42(30-28-41)51-35-36-54(55(39-51)43-31-33-48(34-32-43)60-65-56(44-15-5-1-6-16-44)63-57(66-60)45-17-7-2-8-18-45)52-25-13-23-49(37-52)50-24-14-26-53(38-50)61-67-58(46-19-9-3-10-20-46)64-59(68-61)47-21-11-4-12-22-47/h1-39H. The molecule has 68 heavy (non-hydrogen) atoms. The normalized spacial score (nSPS) is 10.9. The number of rotatable bonds is 10. The van der Waals surface area contributed by atoms with E-state index in [-0.39, 0.29) is 0 Å². The zero-order chi connectivity index (χ0) is 45.7. The molecule has 7 nitrogen and oxygen atoms in total. The van der Waals surface area contributed by atoms with Crippen LogP contribution in [0.3, 0.4) is 0 Å². The highest BCUT2D eigenvalue weighted by Gasteiger charge is 2.17. The summed E-state index contributed by atoms with van der Waals surface area (Å²) in [7, 11) is 0. The van der Waals surface area contributed by atoms with Crippen molar-refractivity contribution in [2.75, 3.05) is 0 Å².